The summed E-state index contributed by atoms with van der Waals surface area (Å²) in [6.07, 6.45) is 16.1. The Hall–Kier alpha value is -0.0800. The lowest BCUT2D eigenvalue weighted by atomic mass is 9.61. The van der Waals surface area contributed by atoms with Crippen LogP contribution in [0, 0.1) is 16.7 Å². The van der Waals surface area contributed by atoms with Gasteiger partial charge in [-0.05, 0) is 114 Å². The summed E-state index contributed by atoms with van der Waals surface area (Å²) in [6.45, 7) is 15.5. The molecule has 3 rings (SSSR count). The topological polar surface area (TPSA) is 6.48 Å². The van der Waals surface area contributed by atoms with Crippen molar-refractivity contribution in [2.24, 2.45) is 16.7 Å². The first-order valence-corrected chi connectivity index (χ1v) is 11.4. The minimum atomic E-state index is 0.523. The molecule has 25 heavy (non-hydrogen) atoms. The van der Waals surface area contributed by atoms with Gasteiger partial charge in [-0.15, -0.1) is 0 Å². The summed E-state index contributed by atoms with van der Waals surface area (Å²) in [4.78, 5) is 5.51. The molecule has 1 spiro atoms. The van der Waals surface area contributed by atoms with Gasteiger partial charge in [0.05, 0.1) is 0 Å². The maximum absolute atomic E-state index is 2.78. The van der Waals surface area contributed by atoms with Crippen LogP contribution in [-0.4, -0.2) is 49.1 Å². The predicted octanol–water partition coefficient (Wildman–Crippen LogP) is 5.57. The van der Waals surface area contributed by atoms with E-state index in [0.717, 1.165) is 11.3 Å². The molecule has 1 aliphatic carbocycles. The van der Waals surface area contributed by atoms with Crippen molar-refractivity contribution in [2.75, 3.05) is 39.3 Å². The summed E-state index contributed by atoms with van der Waals surface area (Å²) < 4.78 is 0. The molecule has 2 saturated heterocycles. The SMILES string of the molecule is CC(C)(C)C1CCC2(CC1)CCN(CCCN1CCCCCC1)CC2. The molecule has 0 aromatic rings. The van der Waals surface area contributed by atoms with Crippen molar-refractivity contribution < 1.29 is 0 Å². The number of rotatable bonds is 4. The zero-order valence-electron chi connectivity index (χ0n) is 17.5. The molecule has 3 aliphatic rings. The lowest BCUT2D eigenvalue weighted by Gasteiger charge is -2.48. The fourth-order valence-corrected chi connectivity index (χ4v) is 5.72. The Bertz CT molecular complexity index is 371. The highest BCUT2D eigenvalue weighted by atomic mass is 15.2. The van der Waals surface area contributed by atoms with E-state index in [1.165, 1.54) is 110 Å². The first-order valence-electron chi connectivity index (χ1n) is 11.4. The Labute approximate surface area is 157 Å². The summed E-state index contributed by atoms with van der Waals surface area (Å²) >= 11 is 0. The van der Waals surface area contributed by atoms with Crippen LogP contribution in [0.1, 0.15) is 91.4 Å². The van der Waals surface area contributed by atoms with Gasteiger partial charge in [0.2, 0.25) is 0 Å². The number of hydrogen-bond acceptors (Lipinski definition) is 2. The molecule has 2 heteroatoms. The van der Waals surface area contributed by atoms with E-state index in [4.69, 9.17) is 0 Å². The van der Waals surface area contributed by atoms with Crippen molar-refractivity contribution in [1.82, 2.24) is 9.80 Å². The van der Waals surface area contributed by atoms with E-state index in [1.54, 1.807) is 0 Å². The largest absolute Gasteiger partial charge is 0.303 e. The van der Waals surface area contributed by atoms with Gasteiger partial charge in [-0.1, -0.05) is 33.6 Å². The van der Waals surface area contributed by atoms with Crippen LogP contribution in [0.5, 0.6) is 0 Å². The Morgan fingerprint density at radius 3 is 1.76 bits per heavy atom. The normalized spacial score (nSPS) is 27.5. The number of nitrogens with zero attached hydrogens (tertiary/aromatic N) is 2. The lowest BCUT2D eigenvalue weighted by molar-refractivity contribution is 0.0277. The van der Waals surface area contributed by atoms with Crippen LogP contribution in [0.3, 0.4) is 0 Å². The molecule has 2 nitrogen and oxygen atoms in total. The van der Waals surface area contributed by atoms with Crippen molar-refractivity contribution in [1.29, 1.82) is 0 Å². The third-order valence-corrected chi connectivity index (χ3v) is 7.84. The summed E-state index contributed by atoms with van der Waals surface area (Å²) in [5.41, 5.74) is 1.25. The monoisotopic (exact) mass is 348 g/mol. The van der Waals surface area contributed by atoms with Gasteiger partial charge in [-0.25, -0.2) is 0 Å². The highest BCUT2D eigenvalue weighted by molar-refractivity contribution is 4.92. The second-order valence-corrected chi connectivity index (χ2v) is 10.6. The van der Waals surface area contributed by atoms with Gasteiger partial charge >= 0.3 is 0 Å². The third-order valence-electron chi connectivity index (χ3n) is 7.84. The molecule has 2 aliphatic heterocycles. The second kappa shape index (κ2) is 8.74. The molecular weight excluding hydrogens is 304 g/mol. The Morgan fingerprint density at radius 1 is 0.720 bits per heavy atom. The molecule has 0 atom stereocenters. The van der Waals surface area contributed by atoms with Gasteiger partial charge in [0.25, 0.3) is 0 Å². The van der Waals surface area contributed by atoms with Gasteiger partial charge in [-0.3, -0.25) is 0 Å². The molecular formula is C23H44N2. The number of likely N-dealkylation sites (tertiary alicyclic amines) is 2. The molecule has 1 saturated carbocycles. The zero-order chi connectivity index (χ0) is 17.8. The van der Waals surface area contributed by atoms with E-state index >= 15 is 0 Å². The first-order chi connectivity index (χ1) is 12.0. The van der Waals surface area contributed by atoms with Crippen LogP contribution < -0.4 is 0 Å². The van der Waals surface area contributed by atoms with Crippen molar-refractivity contribution in [3.8, 4) is 0 Å². The third kappa shape index (κ3) is 5.70. The molecule has 0 aromatic carbocycles. The van der Waals surface area contributed by atoms with E-state index in [9.17, 15) is 0 Å². The fourth-order valence-electron chi connectivity index (χ4n) is 5.72. The molecule has 0 radical (unpaired) electrons. The van der Waals surface area contributed by atoms with E-state index in [2.05, 4.69) is 30.6 Å². The standard InChI is InChI=1S/C23H44N2/c1-22(2,3)21-9-11-23(12-10-21)13-19-25(20-14-23)18-8-17-24-15-6-4-5-7-16-24/h21H,4-20H2,1-3H3. The molecule has 0 amide bonds. The van der Waals surface area contributed by atoms with Crippen LogP contribution in [0.4, 0.5) is 0 Å². The fraction of sp³-hybridized carbons (Fsp3) is 1.00. The Morgan fingerprint density at radius 2 is 1.24 bits per heavy atom. The molecule has 0 N–H and O–H groups in total. The number of piperidine rings is 1. The second-order valence-electron chi connectivity index (χ2n) is 10.6. The summed E-state index contributed by atoms with van der Waals surface area (Å²) in [6, 6.07) is 0. The van der Waals surface area contributed by atoms with E-state index in [0.29, 0.717) is 5.41 Å². The molecule has 2 heterocycles. The van der Waals surface area contributed by atoms with Crippen molar-refractivity contribution in [2.45, 2.75) is 91.4 Å². The van der Waals surface area contributed by atoms with Crippen LogP contribution in [0.15, 0.2) is 0 Å². The maximum Gasteiger partial charge on any atom is -0.000654 e. The molecule has 0 aromatic heterocycles. The van der Waals surface area contributed by atoms with E-state index in [-0.39, 0.29) is 0 Å². The van der Waals surface area contributed by atoms with Crippen molar-refractivity contribution >= 4 is 0 Å². The van der Waals surface area contributed by atoms with Gasteiger partial charge in [0.15, 0.2) is 0 Å². The maximum atomic E-state index is 2.78. The minimum Gasteiger partial charge on any atom is -0.303 e. The highest BCUT2D eigenvalue weighted by Gasteiger charge is 2.40. The van der Waals surface area contributed by atoms with Crippen LogP contribution in [-0.2, 0) is 0 Å². The summed E-state index contributed by atoms with van der Waals surface area (Å²) in [5, 5.41) is 0. The summed E-state index contributed by atoms with van der Waals surface area (Å²) in [7, 11) is 0. The smallest absolute Gasteiger partial charge is 0.000654 e. The first kappa shape index (κ1) is 19.7. The summed E-state index contributed by atoms with van der Waals surface area (Å²) in [5.74, 6) is 0.963. The van der Waals surface area contributed by atoms with Crippen molar-refractivity contribution in [3.63, 3.8) is 0 Å². The molecule has 0 bridgehead atoms. The van der Waals surface area contributed by atoms with Gasteiger partial charge in [-0.2, -0.15) is 0 Å². The van der Waals surface area contributed by atoms with Crippen LogP contribution in [0.25, 0.3) is 0 Å². The molecule has 146 valence electrons. The van der Waals surface area contributed by atoms with Crippen molar-refractivity contribution in [3.05, 3.63) is 0 Å². The van der Waals surface area contributed by atoms with Gasteiger partial charge in [0.1, 0.15) is 0 Å². The van der Waals surface area contributed by atoms with E-state index < -0.39 is 0 Å². The minimum absolute atomic E-state index is 0.523. The lowest BCUT2D eigenvalue weighted by Crippen LogP contribution is -2.43. The molecule has 0 unspecified atom stereocenters. The zero-order valence-corrected chi connectivity index (χ0v) is 17.5. The Kier molecular flexibility index (Phi) is 6.88. The van der Waals surface area contributed by atoms with Crippen LogP contribution in [0.2, 0.25) is 0 Å². The van der Waals surface area contributed by atoms with Gasteiger partial charge < -0.3 is 9.80 Å². The van der Waals surface area contributed by atoms with E-state index in [1.807, 2.05) is 0 Å². The average molecular weight is 349 g/mol. The Balaban J connectivity index is 1.33. The van der Waals surface area contributed by atoms with Gasteiger partial charge in [0, 0.05) is 0 Å². The molecule has 3 fully saturated rings. The predicted molar refractivity (Wildman–Crippen MR) is 109 cm³/mol. The number of hydrogen-bond donors (Lipinski definition) is 0. The highest BCUT2D eigenvalue weighted by Crippen LogP contribution is 2.50. The average Bonchev–Trinajstić information content (AvgIpc) is 2.85. The quantitative estimate of drug-likeness (QED) is 0.655. The van der Waals surface area contributed by atoms with Crippen LogP contribution >= 0.6 is 0 Å².